The summed E-state index contributed by atoms with van der Waals surface area (Å²) in [5.41, 5.74) is 0.456. The van der Waals surface area contributed by atoms with Crippen LogP contribution in [0, 0.1) is 0 Å². The maximum absolute atomic E-state index is 12.6. The molecule has 1 aromatic rings. The van der Waals surface area contributed by atoms with E-state index in [2.05, 4.69) is 16.7 Å². The van der Waals surface area contributed by atoms with Crippen molar-refractivity contribution in [2.75, 3.05) is 45.9 Å². The summed E-state index contributed by atoms with van der Waals surface area (Å²) in [5.74, 6) is -0.685. The Balaban J connectivity index is 2.11. The van der Waals surface area contributed by atoms with E-state index in [1.807, 2.05) is 6.92 Å². The third-order valence-corrected chi connectivity index (χ3v) is 4.11. The average molecular weight is 320 g/mol. The van der Waals surface area contributed by atoms with Gasteiger partial charge < -0.3 is 14.7 Å². The summed E-state index contributed by atoms with van der Waals surface area (Å²) < 4.78 is 5.48. The molecular formula is C17H24N2O4. The van der Waals surface area contributed by atoms with Gasteiger partial charge in [0.25, 0.3) is 0 Å². The van der Waals surface area contributed by atoms with Crippen molar-refractivity contribution in [3.63, 3.8) is 0 Å². The zero-order chi connectivity index (χ0) is 16.8. The summed E-state index contributed by atoms with van der Waals surface area (Å²) in [6.45, 7) is 9.33. The molecule has 23 heavy (non-hydrogen) atoms. The van der Waals surface area contributed by atoms with E-state index in [0.717, 1.165) is 32.7 Å². The molecule has 0 atom stereocenters. The van der Waals surface area contributed by atoms with Gasteiger partial charge in [-0.2, -0.15) is 0 Å². The van der Waals surface area contributed by atoms with Gasteiger partial charge in [-0.25, -0.2) is 4.79 Å². The fourth-order valence-electron chi connectivity index (χ4n) is 2.71. The molecule has 0 bridgehead atoms. The van der Waals surface area contributed by atoms with Gasteiger partial charge in [0, 0.05) is 26.2 Å². The number of carboxylic acid groups (broad SMARTS) is 1. The number of ether oxygens (including phenoxy) is 1. The van der Waals surface area contributed by atoms with Crippen LogP contribution < -0.4 is 4.74 Å². The summed E-state index contributed by atoms with van der Waals surface area (Å²) >= 11 is 0. The fraction of sp³-hybridized carbons (Fsp3) is 0.529. The molecule has 1 heterocycles. The molecule has 0 radical (unpaired) electrons. The molecule has 0 spiro atoms. The fourth-order valence-corrected chi connectivity index (χ4v) is 2.71. The zero-order valence-electron chi connectivity index (χ0n) is 13.7. The quantitative estimate of drug-likeness (QED) is 0.770. The summed E-state index contributed by atoms with van der Waals surface area (Å²) in [7, 11) is 0. The van der Waals surface area contributed by atoms with Crippen LogP contribution in [0.4, 0.5) is 0 Å². The lowest BCUT2D eigenvalue weighted by Crippen LogP contribution is -2.47. The smallest absolute Gasteiger partial charge is 0.335 e. The van der Waals surface area contributed by atoms with Crippen molar-refractivity contribution in [3.05, 3.63) is 29.3 Å². The monoisotopic (exact) mass is 320 g/mol. The SMILES string of the molecule is CCOc1ccc(C(=O)O)cc1C(=O)CN1CCN(CC)CC1. The van der Waals surface area contributed by atoms with Crippen LogP contribution in [0.15, 0.2) is 18.2 Å². The van der Waals surface area contributed by atoms with Crippen molar-refractivity contribution < 1.29 is 19.4 Å². The van der Waals surface area contributed by atoms with E-state index >= 15 is 0 Å². The lowest BCUT2D eigenvalue weighted by molar-refractivity contribution is 0.0697. The molecule has 1 aromatic carbocycles. The van der Waals surface area contributed by atoms with Gasteiger partial charge in [0.2, 0.25) is 0 Å². The van der Waals surface area contributed by atoms with E-state index in [-0.39, 0.29) is 11.3 Å². The normalized spacial score (nSPS) is 16.3. The molecule has 6 nitrogen and oxygen atoms in total. The number of ketones is 1. The van der Waals surface area contributed by atoms with Crippen molar-refractivity contribution >= 4 is 11.8 Å². The largest absolute Gasteiger partial charge is 0.493 e. The summed E-state index contributed by atoms with van der Waals surface area (Å²) in [6, 6.07) is 4.44. The van der Waals surface area contributed by atoms with Gasteiger partial charge in [-0.3, -0.25) is 9.69 Å². The van der Waals surface area contributed by atoms with Gasteiger partial charge in [-0.05, 0) is 31.7 Å². The molecule has 1 fully saturated rings. The van der Waals surface area contributed by atoms with Crippen LogP contribution in [0.25, 0.3) is 0 Å². The maximum atomic E-state index is 12.6. The maximum Gasteiger partial charge on any atom is 0.335 e. The lowest BCUT2D eigenvalue weighted by atomic mass is 10.0. The molecule has 1 aliphatic rings. The van der Waals surface area contributed by atoms with Crippen LogP contribution in [0.1, 0.15) is 34.6 Å². The van der Waals surface area contributed by atoms with Gasteiger partial charge in [0.1, 0.15) is 5.75 Å². The predicted molar refractivity (Wildman–Crippen MR) is 87.5 cm³/mol. The summed E-state index contributed by atoms with van der Waals surface area (Å²) in [6.07, 6.45) is 0. The van der Waals surface area contributed by atoms with Gasteiger partial charge in [0.05, 0.1) is 24.3 Å². The molecule has 0 saturated carbocycles. The molecule has 1 saturated heterocycles. The number of carboxylic acids is 1. The molecule has 0 unspecified atom stereocenters. The van der Waals surface area contributed by atoms with Crippen LogP contribution >= 0.6 is 0 Å². The zero-order valence-corrected chi connectivity index (χ0v) is 13.7. The van der Waals surface area contributed by atoms with Crippen molar-refractivity contribution in [3.8, 4) is 5.75 Å². The molecule has 0 aliphatic carbocycles. The second-order valence-electron chi connectivity index (χ2n) is 5.58. The Labute approximate surface area is 136 Å². The van der Waals surface area contributed by atoms with Crippen LogP contribution in [-0.2, 0) is 0 Å². The van der Waals surface area contributed by atoms with Crippen molar-refractivity contribution in [1.29, 1.82) is 0 Å². The van der Waals surface area contributed by atoms with Crippen molar-refractivity contribution in [2.45, 2.75) is 13.8 Å². The number of Topliss-reactive ketones (excluding diaryl/α,β-unsaturated/α-hetero) is 1. The van der Waals surface area contributed by atoms with Gasteiger partial charge in [0.15, 0.2) is 5.78 Å². The number of carbonyl (C=O) groups is 2. The minimum atomic E-state index is -1.04. The molecule has 6 heteroatoms. The van der Waals surface area contributed by atoms with Crippen LogP contribution in [0.3, 0.4) is 0 Å². The highest BCUT2D eigenvalue weighted by molar-refractivity contribution is 6.02. The number of hydrogen-bond donors (Lipinski definition) is 1. The second-order valence-corrected chi connectivity index (χ2v) is 5.58. The number of piperazine rings is 1. The Morgan fingerprint density at radius 1 is 1.13 bits per heavy atom. The molecular weight excluding hydrogens is 296 g/mol. The van der Waals surface area contributed by atoms with Crippen LogP contribution in [-0.4, -0.2) is 72.5 Å². The first-order chi connectivity index (χ1) is 11.0. The number of nitrogens with zero attached hydrogens (tertiary/aromatic N) is 2. The number of benzene rings is 1. The van der Waals surface area contributed by atoms with Gasteiger partial charge >= 0.3 is 5.97 Å². The minimum Gasteiger partial charge on any atom is -0.493 e. The number of rotatable bonds is 7. The topological polar surface area (TPSA) is 70.1 Å². The van der Waals surface area contributed by atoms with Crippen molar-refractivity contribution in [1.82, 2.24) is 9.80 Å². The van der Waals surface area contributed by atoms with E-state index in [0.29, 0.717) is 24.5 Å². The standard InChI is InChI=1S/C17H24N2O4/c1-3-18-7-9-19(10-8-18)12-15(20)14-11-13(17(21)22)5-6-16(14)23-4-2/h5-6,11H,3-4,7-10,12H2,1-2H3,(H,21,22). The number of hydrogen-bond acceptors (Lipinski definition) is 5. The highest BCUT2D eigenvalue weighted by atomic mass is 16.5. The highest BCUT2D eigenvalue weighted by Gasteiger charge is 2.21. The highest BCUT2D eigenvalue weighted by Crippen LogP contribution is 2.22. The third kappa shape index (κ3) is 4.53. The lowest BCUT2D eigenvalue weighted by Gasteiger charge is -2.33. The Morgan fingerprint density at radius 2 is 1.78 bits per heavy atom. The first-order valence-electron chi connectivity index (χ1n) is 8.03. The molecule has 0 amide bonds. The van der Waals surface area contributed by atoms with Crippen molar-refractivity contribution in [2.24, 2.45) is 0 Å². The van der Waals surface area contributed by atoms with E-state index in [1.165, 1.54) is 12.1 Å². The first kappa shape index (κ1) is 17.4. The minimum absolute atomic E-state index is 0.0958. The molecule has 0 aromatic heterocycles. The molecule has 1 N–H and O–H groups in total. The Hall–Kier alpha value is -1.92. The van der Waals surface area contributed by atoms with E-state index < -0.39 is 5.97 Å². The van der Waals surface area contributed by atoms with Crippen LogP contribution in [0.2, 0.25) is 0 Å². The molecule has 2 rings (SSSR count). The van der Waals surface area contributed by atoms with Gasteiger partial charge in [-0.1, -0.05) is 6.92 Å². The number of aromatic carboxylic acids is 1. The number of carbonyl (C=O) groups excluding carboxylic acids is 1. The third-order valence-electron chi connectivity index (χ3n) is 4.11. The number of likely N-dealkylation sites (N-methyl/N-ethyl adjacent to an activating group) is 1. The Morgan fingerprint density at radius 3 is 2.35 bits per heavy atom. The van der Waals surface area contributed by atoms with Crippen LogP contribution in [0.5, 0.6) is 5.75 Å². The van der Waals surface area contributed by atoms with Gasteiger partial charge in [-0.15, -0.1) is 0 Å². The Bertz CT molecular complexity index is 566. The summed E-state index contributed by atoms with van der Waals surface area (Å²) in [4.78, 5) is 28.2. The average Bonchev–Trinajstić information content (AvgIpc) is 2.56. The summed E-state index contributed by atoms with van der Waals surface area (Å²) in [5, 5.41) is 9.12. The molecule has 126 valence electrons. The predicted octanol–water partition coefficient (Wildman–Crippen LogP) is 1.60. The van der Waals surface area contributed by atoms with E-state index in [4.69, 9.17) is 9.84 Å². The molecule has 1 aliphatic heterocycles. The second kappa shape index (κ2) is 8.08. The van der Waals surface area contributed by atoms with E-state index in [9.17, 15) is 9.59 Å². The van der Waals surface area contributed by atoms with E-state index in [1.54, 1.807) is 6.07 Å². The first-order valence-corrected chi connectivity index (χ1v) is 8.03. The Kier molecular flexibility index (Phi) is 6.12.